The summed E-state index contributed by atoms with van der Waals surface area (Å²) in [5.74, 6) is 2.29. The molecular formula is C23H31NO3. The molecule has 3 rings (SSSR count). The summed E-state index contributed by atoms with van der Waals surface area (Å²) in [4.78, 5) is 0. The van der Waals surface area contributed by atoms with E-state index in [1.807, 2.05) is 36.4 Å². The molecule has 1 fully saturated rings. The summed E-state index contributed by atoms with van der Waals surface area (Å²) in [5.41, 5.74) is 2.31. The highest BCUT2D eigenvalue weighted by atomic mass is 16.5. The van der Waals surface area contributed by atoms with Gasteiger partial charge in [0.25, 0.3) is 0 Å². The standard InChI is InChI=1S/C23H31NO3/c1-17(2)19-10-12-20(13-11-19)27-18(3)15-24-22-8-4-5-9-23(22)26-16-21-7-6-14-25-21/h4-5,8-13,17-18,21,24H,6-7,14-16H2,1-3H3. The van der Waals surface area contributed by atoms with Gasteiger partial charge in [0, 0.05) is 6.61 Å². The lowest BCUT2D eigenvalue weighted by molar-refractivity contribution is 0.0682. The smallest absolute Gasteiger partial charge is 0.142 e. The molecule has 4 heteroatoms. The second-order valence-electron chi connectivity index (χ2n) is 7.48. The molecule has 2 aromatic carbocycles. The average Bonchev–Trinajstić information content (AvgIpc) is 3.19. The number of anilines is 1. The number of para-hydroxylation sites is 2. The molecule has 2 unspecified atom stereocenters. The maximum Gasteiger partial charge on any atom is 0.142 e. The van der Waals surface area contributed by atoms with E-state index in [1.165, 1.54) is 5.56 Å². The molecule has 4 nitrogen and oxygen atoms in total. The fraction of sp³-hybridized carbons (Fsp3) is 0.478. The number of hydrogen-bond acceptors (Lipinski definition) is 4. The summed E-state index contributed by atoms with van der Waals surface area (Å²) in [6.45, 7) is 8.61. The van der Waals surface area contributed by atoms with Gasteiger partial charge in [-0.2, -0.15) is 0 Å². The zero-order chi connectivity index (χ0) is 19.1. The zero-order valence-electron chi connectivity index (χ0n) is 16.6. The Morgan fingerprint density at radius 3 is 2.56 bits per heavy atom. The first kappa shape index (κ1) is 19.6. The van der Waals surface area contributed by atoms with E-state index in [0.29, 0.717) is 19.1 Å². The fourth-order valence-electron chi connectivity index (χ4n) is 3.16. The Hall–Kier alpha value is -2.20. The predicted molar refractivity (Wildman–Crippen MR) is 110 cm³/mol. The monoisotopic (exact) mass is 369 g/mol. The molecule has 1 saturated heterocycles. The third-order valence-electron chi connectivity index (χ3n) is 4.80. The molecule has 0 saturated carbocycles. The van der Waals surface area contributed by atoms with E-state index < -0.39 is 0 Å². The summed E-state index contributed by atoms with van der Waals surface area (Å²) < 4.78 is 17.6. The van der Waals surface area contributed by atoms with Crippen LogP contribution in [0.25, 0.3) is 0 Å². The maximum absolute atomic E-state index is 6.03. The van der Waals surface area contributed by atoms with Crippen LogP contribution in [0.2, 0.25) is 0 Å². The van der Waals surface area contributed by atoms with Crippen molar-refractivity contribution in [1.82, 2.24) is 0 Å². The quantitative estimate of drug-likeness (QED) is 0.655. The van der Waals surface area contributed by atoms with Crippen LogP contribution in [-0.2, 0) is 4.74 Å². The molecule has 146 valence electrons. The van der Waals surface area contributed by atoms with Gasteiger partial charge in [-0.15, -0.1) is 0 Å². The Morgan fingerprint density at radius 1 is 1.07 bits per heavy atom. The number of hydrogen-bond donors (Lipinski definition) is 1. The first-order chi connectivity index (χ1) is 13.1. The van der Waals surface area contributed by atoms with Crippen LogP contribution in [-0.4, -0.2) is 32.0 Å². The predicted octanol–water partition coefficient (Wildman–Crippen LogP) is 5.25. The second-order valence-corrected chi connectivity index (χ2v) is 7.48. The molecule has 0 bridgehead atoms. The number of rotatable bonds is 9. The lowest BCUT2D eigenvalue weighted by atomic mass is 10.0. The van der Waals surface area contributed by atoms with Crippen LogP contribution < -0.4 is 14.8 Å². The summed E-state index contributed by atoms with van der Waals surface area (Å²) in [6, 6.07) is 16.4. The van der Waals surface area contributed by atoms with Crippen LogP contribution in [0.3, 0.4) is 0 Å². The van der Waals surface area contributed by atoms with Crippen LogP contribution in [0.1, 0.15) is 45.1 Å². The van der Waals surface area contributed by atoms with Crippen molar-refractivity contribution in [2.75, 3.05) is 25.1 Å². The average molecular weight is 370 g/mol. The highest BCUT2D eigenvalue weighted by Gasteiger charge is 2.17. The Morgan fingerprint density at radius 2 is 1.85 bits per heavy atom. The van der Waals surface area contributed by atoms with Gasteiger partial charge in [-0.25, -0.2) is 0 Å². The summed E-state index contributed by atoms with van der Waals surface area (Å²) in [6.07, 6.45) is 2.46. The van der Waals surface area contributed by atoms with Gasteiger partial charge in [0.2, 0.25) is 0 Å². The largest absolute Gasteiger partial charge is 0.489 e. The van der Waals surface area contributed by atoms with Gasteiger partial charge in [-0.3, -0.25) is 0 Å². The van der Waals surface area contributed by atoms with E-state index in [9.17, 15) is 0 Å². The first-order valence-electron chi connectivity index (χ1n) is 9.95. The zero-order valence-corrected chi connectivity index (χ0v) is 16.6. The van der Waals surface area contributed by atoms with Crippen molar-refractivity contribution >= 4 is 5.69 Å². The van der Waals surface area contributed by atoms with Crippen molar-refractivity contribution in [3.05, 3.63) is 54.1 Å². The third-order valence-corrected chi connectivity index (χ3v) is 4.80. The number of nitrogens with one attached hydrogen (secondary N) is 1. The third kappa shape index (κ3) is 5.90. The van der Waals surface area contributed by atoms with Crippen LogP contribution in [0.4, 0.5) is 5.69 Å². The van der Waals surface area contributed by atoms with Gasteiger partial charge in [-0.1, -0.05) is 38.1 Å². The molecule has 1 heterocycles. The van der Waals surface area contributed by atoms with Crippen molar-refractivity contribution in [3.63, 3.8) is 0 Å². The highest BCUT2D eigenvalue weighted by molar-refractivity contribution is 5.56. The van der Waals surface area contributed by atoms with Crippen molar-refractivity contribution in [2.45, 2.75) is 51.7 Å². The van der Waals surface area contributed by atoms with Crippen LogP contribution >= 0.6 is 0 Å². The van der Waals surface area contributed by atoms with Gasteiger partial charge in [0.15, 0.2) is 0 Å². The Bertz CT molecular complexity index is 693. The molecule has 1 N–H and O–H groups in total. The molecule has 0 radical (unpaired) electrons. The Labute approximate surface area is 162 Å². The molecule has 1 aliphatic rings. The maximum atomic E-state index is 6.03. The minimum atomic E-state index is 0.0427. The van der Waals surface area contributed by atoms with E-state index >= 15 is 0 Å². The minimum absolute atomic E-state index is 0.0427. The second kappa shape index (κ2) is 9.65. The highest BCUT2D eigenvalue weighted by Crippen LogP contribution is 2.25. The van der Waals surface area contributed by atoms with Gasteiger partial charge in [0.05, 0.1) is 18.3 Å². The number of benzene rings is 2. The summed E-state index contributed by atoms with van der Waals surface area (Å²) >= 11 is 0. The SMILES string of the molecule is CC(CNc1ccccc1OCC1CCCO1)Oc1ccc(C(C)C)cc1. The Balaban J connectivity index is 1.49. The van der Waals surface area contributed by atoms with E-state index in [0.717, 1.165) is 36.6 Å². The first-order valence-corrected chi connectivity index (χ1v) is 9.95. The normalized spacial score (nSPS) is 17.7. The van der Waals surface area contributed by atoms with Crippen molar-refractivity contribution in [3.8, 4) is 11.5 Å². The topological polar surface area (TPSA) is 39.7 Å². The molecule has 2 aromatic rings. The molecule has 2 atom stereocenters. The molecule has 0 spiro atoms. The van der Waals surface area contributed by atoms with Gasteiger partial charge < -0.3 is 19.5 Å². The summed E-state index contributed by atoms with van der Waals surface area (Å²) in [5, 5.41) is 3.45. The van der Waals surface area contributed by atoms with E-state index in [1.54, 1.807) is 0 Å². The summed E-state index contributed by atoms with van der Waals surface area (Å²) in [7, 11) is 0. The molecular weight excluding hydrogens is 338 g/mol. The number of ether oxygens (including phenoxy) is 3. The van der Waals surface area contributed by atoms with Crippen molar-refractivity contribution < 1.29 is 14.2 Å². The van der Waals surface area contributed by atoms with Crippen LogP contribution in [0, 0.1) is 0 Å². The molecule has 0 aliphatic carbocycles. The lowest BCUT2D eigenvalue weighted by Crippen LogP contribution is -2.23. The van der Waals surface area contributed by atoms with E-state index in [4.69, 9.17) is 14.2 Å². The van der Waals surface area contributed by atoms with Gasteiger partial charge >= 0.3 is 0 Å². The molecule has 1 aliphatic heterocycles. The molecule has 0 amide bonds. The van der Waals surface area contributed by atoms with E-state index in [-0.39, 0.29) is 12.2 Å². The van der Waals surface area contributed by atoms with Crippen molar-refractivity contribution in [2.24, 2.45) is 0 Å². The van der Waals surface area contributed by atoms with Gasteiger partial charge in [0.1, 0.15) is 24.2 Å². The van der Waals surface area contributed by atoms with Crippen LogP contribution in [0.15, 0.2) is 48.5 Å². The molecule has 27 heavy (non-hydrogen) atoms. The van der Waals surface area contributed by atoms with Crippen LogP contribution in [0.5, 0.6) is 11.5 Å². The lowest BCUT2D eigenvalue weighted by Gasteiger charge is -2.19. The van der Waals surface area contributed by atoms with Gasteiger partial charge in [-0.05, 0) is 55.5 Å². The minimum Gasteiger partial charge on any atom is -0.489 e. The van der Waals surface area contributed by atoms with Crippen molar-refractivity contribution in [1.29, 1.82) is 0 Å². The Kier molecular flexibility index (Phi) is 6.99. The fourth-order valence-corrected chi connectivity index (χ4v) is 3.16. The van der Waals surface area contributed by atoms with E-state index in [2.05, 4.69) is 38.2 Å². The molecule has 0 aromatic heterocycles.